The van der Waals surface area contributed by atoms with Crippen LogP contribution in [0.15, 0.2) is 18.2 Å². The van der Waals surface area contributed by atoms with Crippen molar-refractivity contribution in [3.63, 3.8) is 0 Å². The van der Waals surface area contributed by atoms with E-state index in [2.05, 4.69) is 31.3 Å². The van der Waals surface area contributed by atoms with Gasteiger partial charge in [0.05, 0.1) is 13.2 Å². The van der Waals surface area contributed by atoms with Crippen molar-refractivity contribution < 1.29 is 9.47 Å². The van der Waals surface area contributed by atoms with Crippen LogP contribution in [0.1, 0.15) is 45.7 Å². The first-order chi connectivity index (χ1) is 8.72. The summed E-state index contributed by atoms with van der Waals surface area (Å²) in [5.41, 5.74) is 1.23. The van der Waals surface area contributed by atoms with Crippen molar-refractivity contribution in [1.29, 1.82) is 0 Å². The maximum Gasteiger partial charge on any atom is 0.161 e. The van der Waals surface area contributed by atoms with Crippen LogP contribution in [-0.4, -0.2) is 19.8 Å². The fourth-order valence-corrected chi connectivity index (χ4v) is 1.82. The number of ether oxygens (including phenoxy) is 2. The van der Waals surface area contributed by atoms with Gasteiger partial charge < -0.3 is 14.8 Å². The molecule has 0 radical (unpaired) electrons. The van der Waals surface area contributed by atoms with Crippen molar-refractivity contribution in [3.05, 3.63) is 23.8 Å². The molecular formula is C15H25NO2. The SMILES string of the molecule is CCCNC(C)c1ccc(OCC)c(OCC)c1. The van der Waals surface area contributed by atoms with Crippen molar-refractivity contribution in [1.82, 2.24) is 5.32 Å². The molecule has 1 unspecified atom stereocenters. The minimum Gasteiger partial charge on any atom is -0.490 e. The third-order valence-corrected chi connectivity index (χ3v) is 2.77. The minimum atomic E-state index is 0.333. The van der Waals surface area contributed by atoms with Gasteiger partial charge in [0.2, 0.25) is 0 Å². The summed E-state index contributed by atoms with van der Waals surface area (Å²) in [6.07, 6.45) is 1.14. The van der Waals surface area contributed by atoms with Crippen molar-refractivity contribution >= 4 is 0 Å². The van der Waals surface area contributed by atoms with Crippen LogP contribution in [0, 0.1) is 0 Å². The van der Waals surface area contributed by atoms with Crippen LogP contribution in [0.3, 0.4) is 0 Å². The molecule has 18 heavy (non-hydrogen) atoms. The van der Waals surface area contributed by atoms with Crippen molar-refractivity contribution in [2.24, 2.45) is 0 Å². The number of hydrogen-bond acceptors (Lipinski definition) is 3. The molecule has 1 aromatic carbocycles. The Morgan fingerprint density at radius 2 is 1.72 bits per heavy atom. The molecule has 3 heteroatoms. The number of hydrogen-bond donors (Lipinski definition) is 1. The van der Waals surface area contributed by atoms with Crippen LogP contribution in [0.2, 0.25) is 0 Å². The molecule has 0 spiro atoms. The fraction of sp³-hybridized carbons (Fsp3) is 0.600. The van der Waals surface area contributed by atoms with Gasteiger partial charge in [-0.2, -0.15) is 0 Å². The molecule has 0 heterocycles. The zero-order valence-corrected chi connectivity index (χ0v) is 12.0. The molecule has 0 saturated heterocycles. The van der Waals surface area contributed by atoms with E-state index in [0.29, 0.717) is 19.3 Å². The maximum atomic E-state index is 5.63. The van der Waals surface area contributed by atoms with E-state index >= 15 is 0 Å². The molecule has 1 aromatic rings. The van der Waals surface area contributed by atoms with E-state index in [0.717, 1.165) is 24.5 Å². The van der Waals surface area contributed by atoms with Gasteiger partial charge in [-0.1, -0.05) is 13.0 Å². The molecule has 0 amide bonds. The highest BCUT2D eigenvalue weighted by Gasteiger charge is 2.10. The third kappa shape index (κ3) is 4.22. The summed E-state index contributed by atoms with van der Waals surface area (Å²) < 4.78 is 11.2. The van der Waals surface area contributed by atoms with Gasteiger partial charge in [-0.25, -0.2) is 0 Å². The largest absolute Gasteiger partial charge is 0.490 e. The highest BCUT2D eigenvalue weighted by molar-refractivity contribution is 5.43. The predicted octanol–water partition coefficient (Wildman–Crippen LogP) is 3.54. The lowest BCUT2D eigenvalue weighted by Gasteiger charge is -2.17. The fourth-order valence-electron chi connectivity index (χ4n) is 1.82. The summed E-state index contributed by atoms with van der Waals surface area (Å²) >= 11 is 0. The van der Waals surface area contributed by atoms with Crippen molar-refractivity contribution in [3.8, 4) is 11.5 Å². The average Bonchev–Trinajstić information content (AvgIpc) is 2.38. The zero-order chi connectivity index (χ0) is 13.4. The summed E-state index contributed by atoms with van der Waals surface area (Å²) in [6.45, 7) is 10.6. The summed E-state index contributed by atoms with van der Waals surface area (Å²) in [6, 6.07) is 6.50. The molecule has 0 aromatic heterocycles. The molecule has 0 aliphatic heterocycles. The van der Waals surface area contributed by atoms with E-state index in [1.165, 1.54) is 5.56 Å². The third-order valence-electron chi connectivity index (χ3n) is 2.77. The highest BCUT2D eigenvalue weighted by Crippen LogP contribution is 2.30. The predicted molar refractivity (Wildman–Crippen MR) is 75.5 cm³/mol. The van der Waals surface area contributed by atoms with Crippen LogP contribution in [0.25, 0.3) is 0 Å². The van der Waals surface area contributed by atoms with E-state index in [9.17, 15) is 0 Å². The second kappa shape index (κ2) is 7.98. The first-order valence-electron chi connectivity index (χ1n) is 6.85. The molecule has 1 N–H and O–H groups in total. The maximum absolute atomic E-state index is 5.63. The topological polar surface area (TPSA) is 30.5 Å². The van der Waals surface area contributed by atoms with Crippen LogP contribution in [-0.2, 0) is 0 Å². The molecule has 0 saturated carbocycles. The first-order valence-corrected chi connectivity index (χ1v) is 6.85. The number of benzene rings is 1. The Morgan fingerprint density at radius 3 is 2.33 bits per heavy atom. The average molecular weight is 251 g/mol. The monoisotopic (exact) mass is 251 g/mol. The highest BCUT2D eigenvalue weighted by atomic mass is 16.5. The minimum absolute atomic E-state index is 0.333. The van der Waals surface area contributed by atoms with Crippen LogP contribution in [0.4, 0.5) is 0 Å². The van der Waals surface area contributed by atoms with Gasteiger partial charge in [0, 0.05) is 6.04 Å². The molecule has 0 fully saturated rings. The second-order valence-corrected chi connectivity index (χ2v) is 4.25. The second-order valence-electron chi connectivity index (χ2n) is 4.25. The molecule has 1 atom stereocenters. The van der Waals surface area contributed by atoms with Gasteiger partial charge in [-0.15, -0.1) is 0 Å². The molecule has 1 rings (SSSR count). The zero-order valence-electron chi connectivity index (χ0n) is 12.0. The molecule has 102 valence electrons. The van der Waals surface area contributed by atoms with Gasteiger partial charge in [-0.05, 0) is 51.4 Å². The van der Waals surface area contributed by atoms with E-state index < -0.39 is 0 Å². The Labute approximate surface area is 110 Å². The summed E-state index contributed by atoms with van der Waals surface area (Å²) in [7, 11) is 0. The van der Waals surface area contributed by atoms with Crippen molar-refractivity contribution in [2.45, 2.75) is 40.2 Å². The Morgan fingerprint density at radius 1 is 1.06 bits per heavy atom. The van der Waals surface area contributed by atoms with E-state index in [4.69, 9.17) is 9.47 Å². The number of nitrogens with one attached hydrogen (secondary N) is 1. The van der Waals surface area contributed by atoms with Crippen molar-refractivity contribution in [2.75, 3.05) is 19.8 Å². The summed E-state index contributed by atoms with van der Waals surface area (Å²) in [4.78, 5) is 0. The van der Waals surface area contributed by atoms with Gasteiger partial charge in [0.1, 0.15) is 0 Å². The van der Waals surface area contributed by atoms with Gasteiger partial charge in [0.15, 0.2) is 11.5 Å². The Kier molecular flexibility index (Phi) is 6.58. The Bertz CT molecular complexity index is 352. The number of rotatable bonds is 8. The lowest BCUT2D eigenvalue weighted by Crippen LogP contribution is -2.19. The summed E-state index contributed by atoms with van der Waals surface area (Å²) in [5.74, 6) is 1.66. The molecule has 0 aliphatic carbocycles. The van der Waals surface area contributed by atoms with E-state index in [-0.39, 0.29) is 0 Å². The Balaban J connectivity index is 2.84. The normalized spacial score (nSPS) is 12.2. The summed E-state index contributed by atoms with van der Waals surface area (Å²) in [5, 5.41) is 3.47. The lowest BCUT2D eigenvalue weighted by atomic mass is 10.1. The van der Waals surface area contributed by atoms with Gasteiger partial charge >= 0.3 is 0 Å². The van der Waals surface area contributed by atoms with Gasteiger partial charge in [0.25, 0.3) is 0 Å². The molecule has 0 aliphatic rings. The first kappa shape index (κ1) is 14.8. The lowest BCUT2D eigenvalue weighted by molar-refractivity contribution is 0.287. The van der Waals surface area contributed by atoms with E-state index in [1.807, 2.05) is 19.9 Å². The smallest absolute Gasteiger partial charge is 0.161 e. The van der Waals surface area contributed by atoms with Crippen LogP contribution < -0.4 is 14.8 Å². The van der Waals surface area contributed by atoms with E-state index in [1.54, 1.807) is 0 Å². The molecular weight excluding hydrogens is 226 g/mol. The standard InChI is InChI=1S/C15H25NO2/c1-5-10-16-12(4)13-8-9-14(17-6-2)15(11-13)18-7-3/h8-9,11-12,16H,5-7,10H2,1-4H3. The Hall–Kier alpha value is -1.22. The molecule has 0 bridgehead atoms. The van der Waals surface area contributed by atoms with Gasteiger partial charge in [-0.3, -0.25) is 0 Å². The quantitative estimate of drug-likeness (QED) is 0.766. The molecule has 3 nitrogen and oxygen atoms in total. The van der Waals surface area contributed by atoms with Crippen LogP contribution >= 0.6 is 0 Å². The van der Waals surface area contributed by atoms with Crippen LogP contribution in [0.5, 0.6) is 11.5 Å².